The van der Waals surface area contributed by atoms with Crippen LogP contribution in [0.4, 0.5) is 0 Å². The fraction of sp³-hybridized carbons (Fsp3) is 0.154. The van der Waals surface area contributed by atoms with Crippen molar-refractivity contribution in [3.05, 3.63) is 78.5 Å². The monoisotopic (exact) mass is 484 g/mol. The fourth-order valence-corrected chi connectivity index (χ4v) is 4.03. The standard InChI is InChI=1S/C26H24N6O4/c1-32-11-10-27-24(32)22(34)14-29-25(35)16-5-7-19-20(13-16)31-23(30-19)18-12-15(6-8-21(18)33)17-4-3-9-28-26(17)36-2/h3-13,22,33-34H,14H2,1-2H3,(H,29,35)(H,30,31). The molecule has 0 bridgehead atoms. The molecular formula is C26H24N6O4. The number of nitrogens with zero attached hydrogens (tertiary/aromatic N) is 4. The van der Waals surface area contributed by atoms with Crippen LogP contribution in [0.5, 0.6) is 11.6 Å². The number of hydrogen-bond acceptors (Lipinski definition) is 7. The summed E-state index contributed by atoms with van der Waals surface area (Å²) in [5.74, 6) is 1.11. The maximum Gasteiger partial charge on any atom is 0.251 e. The number of fused-ring (bicyclic) bond motifs is 1. The third-order valence-corrected chi connectivity index (χ3v) is 5.88. The number of H-pyrrole nitrogens is 1. The van der Waals surface area contributed by atoms with Crippen molar-refractivity contribution >= 4 is 16.9 Å². The Morgan fingerprint density at radius 3 is 2.78 bits per heavy atom. The minimum Gasteiger partial charge on any atom is -0.507 e. The molecular weight excluding hydrogens is 460 g/mol. The van der Waals surface area contributed by atoms with E-state index in [1.165, 1.54) is 0 Å². The number of benzene rings is 2. The number of phenols is 1. The van der Waals surface area contributed by atoms with Crippen molar-refractivity contribution in [2.45, 2.75) is 6.10 Å². The number of aromatic hydroxyl groups is 1. The van der Waals surface area contributed by atoms with Crippen LogP contribution in [0.2, 0.25) is 0 Å². The predicted molar refractivity (Wildman–Crippen MR) is 133 cm³/mol. The molecule has 3 heterocycles. The first-order valence-corrected chi connectivity index (χ1v) is 11.2. The van der Waals surface area contributed by atoms with E-state index < -0.39 is 6.10 Å². The van der Waals surface area contributed by atoms with E-state index in [2.05, 4.69) is 25.3 Å². The number of phenolic OH excluding ortho intramolecular Hbond substituents is 1. The number of aromatic nitrogens is 5. The van der Waals surface area contributed by atoms with Gasteiger partial charge < -0.3 is 29.8 Å². The average Bonchev–Trinajstić information content (AvgIpc) is 3.52. The molecule has 3 aromatic heterocycles. The molecule has 0 spiro atoms. The number of hydrogen-bond donors (Lipinski definition) is 4. The summed E-state index contributed by atoms with van der Waals surface area (Å²) in [5, 5.41) is 23.6. The summed E-state index contributed by atoms with van der Waals surface area (Å²) in [7, 11) is 3.33. The van der Waals surface area contributed by atoms with E-state index >= 15 is 0 Å². The first-order valence-electron chi connectivity index (χ1n) is 11.2. The van der Waals surface area contributed by atoms with Crippen LogP contribution in [0.3, 0.4) is 0 Å². The van der Waals surface area contributed by atoms with Gasteiger partial charge in [0.25, 0.3) is 5.91 Å². The number of rotatable bonds is 7. The molecule has 1 amide bonds. The van der Waals surface area contributed by atoms with Crippen LogP contribution in [0.15, 0.2) is 67.1 Å². The number of aryl methyl sites for hydroxylation is 1. The summed E-state index contributed by atoms with van der Waals surface area (Å²) >= 11 is 0. The van der Waals surface area contributed by atoms with E-state index in [1.807, 2.05) is 12.1 Å². The topological polar surface area (TPSA) is 138 Å². The third-order valence-electron chi connectivity index (χ3n) is 5.88. The zero-order valence-corrected chi connectivity index (χ0v) is 19.6. The molecule has 0 aliphatic rings. The minimum absolute atomic E-state index is 0.0222. The number of methoxy groups -OCH3 is 1. The number of aliphatic hydroxyl groups excluding tert-OH is 1. The Kier molecular flexibility index (Phi) is 6.09. The molecule has 0 aliphatic heterocycles. The van der Waals surface area contributed by atoms with Crippen molar-refractivity contribution < 1.29 is 19.7 Å². The maximum absolute atomic E-state index is 12.7. The van der Waals surface area contributed by atoms with E-state index in [1.54, 1.807) is 73.7 Å². The summed E-state index contributed by atoms with van der Waals surface area (Å²) in [5.41, 5.74) is 3.76. The molecule has 1 unspecified atom stereocenters. The highest BCUT2D eigenvalue weighted by molar-refractivity contribution is 5.97. The van der Waals surface area contributed by atoms with Crippen molar-refractivity contribution in [3.63, 3.8) is 0 Å². The van der Waals surface area contributed by atoms with Gasteiger partial charge in [0.15, 0.2) is 0 Å². The largest absolute Gasteiger partial charge is 0.507 e. The maximum atomic E-state index is 12.7. The summed E-state index contributed by atoms with van der Waals surface area (Å²) in [6, 6.07) is 13.9. The highest BCUT2D eigenvalue weighted by Gasteiger charge is 2.17. The van der Waals surface area contributed by atoms with Crippen LogP contribution in [-0.2, 0) is 7.05 Å². The van der Waals surface area contributed by atoms with Gasteiger partial charge in [0.05, 0.1) is 30.3 Å². The van der Waals surface area contributed by atoms with Gasteiger partial charge in [-0.3, -0.25) is 4.79 Å². The lowest BCUT2D eigenvalue weighted by Crippen LogP contribution is -2.29. The first-order chi connectivity index (χ1) is 17.4. The summed E-state index contributed by atoms with van der Waals surface area (Å²) in [6.45, 7) is 0.0222. The van der Waals surface area contributed by atoms with Gasteiger partial charge in [0.2, 0.25) is 5.88 Å². The first kappa shape index (κ1) is 23.1. The van der Waals surface area contributed by atoms with Gasteiger partial charge in [-0.1, -0.05) is 6.07 Å². The molecule has 0 saturated carbocycles. The van der Waals surface area contributed by atoms with Crippen LogP contribution < -0.4 is 10.1 Å². The molecule has 2 aromatic carbocycles. The number of carbonyl (C=O) groups excluding carboxylic acids is 1. The smallest absolute Gasteiger partial charge is 0.251 e. The molecule has 10 heteroatoms. The lowest BCUT2D eigenvalue weighted by atomic mass is 10.0. The zero-order valence-electron chi connectivity index (χ0n) is 19.6. The number of pyridine rings is 1. The normalized spacial score (nSPS) is 12.0. The highest BCUT2D eigenvalue weighted by Crippen LogP contribution is 2.35. The number of amides is 1. The Morgan fingerprint density at radius 2 is 2.00 bits per heavy atom. The quantitative estimate of drug-likeness (QED) is 0.278. The summed E-state index contributed by atoms with van der Waals surface area (Å²) < 4.78 is 7.06. The van der Waals surface area contributed by atoms with Crippen LogP contribution in [-0.4, -0.2) is 54.3 Å². The second kappa shape index (κ2) is 9.51. The minimum atomic E-state index is -0.926. The number of aromatic amines is 1. The highest BCUT2D eigenvalue weighted by atomic mass is 16.5. The molecule has 0 fully saturated rings. The van der Waals surface area contributed by atoms with Crippen LogP contribution in [0, 0.1) is 0 Å². The molecule has 36 heavy (non-hydrogen) atoms. The van der Waals surface area contributed by atoms with Gasteiger partial charge in [-0.2, -0.15) is 0 Å². The van der Waals surface area contributed by atoms with Crippen LogP contribution in [0.1, 0.15) is 22.3 Å². The number of aliphatic hydroxyl groups is 1. The van der Waals surface area contributed by atoms with Gasteiger partial charge in [0, 0.05) is 36.8 Å². The van der Waals surface area contributed by atoms with Gasteiger partial charge in [-0.25, -0.2) is 15.0 Å². The fourth-order valence-electron chi connectivity index (χ4n) is 4.03. The van der Waals surface area contributed by atoms with Gasteiger partial charge >= 0.3 is 0 Å². The Morgan fingerprint density at radius 1 is 1.14 bits per heavy atom. The van der Waals surface area contributed by atoms with Crippen LogP contribution in [0.25, 0.3) is 33.5 Å². The van der Waals surface area contributed by atoms with E-state index in [9.17, 15) is 15.0 Å². The number of carbonyl (C=O) groups is 1. The molecule has 182 valence electrons. The van der Waals surface area contributed by atoms with Gasteiger partial charge in [-0.15, -0.1) is 0 Å². The summed E-state index contributed by atoms with van der Waals surface area (Å²) in [6.07, 6.45) is 4.04. The van der Waals surface area contributed by atoms with Crippen molar-refractivity contribution in [1.82, 2.24) is 29.8 Å². The molecule has 0 radical (unpaired) electrons. The molecule has 5 aromatic rings. The zero-order chi connectivity index (χ0) is 25.2. The molecule has 4 N–H and O–H groups in total. The summed E-state index contributed by atoms with van der Waals surface area (Å²) in [4.78, 5) is 28.8. The Labute approximate surface area is 206 Å². The molecule has 0 saturated heterocycles. The van der Waals surface area contributed by atoms with Crippen molar-refractivity contribution in [1.29, 1.82) is 0 Å². The number of nitrogens with one attached hydrogen (secondary N) is 2. The van der Waals surface area contributed by atoms with Crippen LogP contribution >= 0.6 is 0 Å². The predicted octanol–water partition coefficient (Wildman–Crippen LogP) is 3.20. The Balaban J connectivity index is 1.40. The third kappa shape index (κ3) is 4.37. The van der Waals surface area contributed by atoms with Crippen molar-refractivity contribution in [3.8, 4) is 34.1 Å². The number of ether oxygens (including phenoxy) is 1. The molecule has 1 atom stereocenters. The second-order valence-corrected chi connectivity index (χ2v) is 8.23. The van der Waals surface area contributed by atoms with E-state index in [0.29, 0.717) is 39.7 Å². The van der Waals surface area contributed by atoms with E-state index in [4.69, 9.17) is 4.74 Å². The molecule has 5 rings (SSSR count). The Bertz CT molecular complexity index is 1560. The van der Waals surface area contributed by atoms with E-state index in [0.717, 1.165) is 11.1 Å². The Hall–Kier alpha value is -4.70. The average molecular weight is 485 g/mol. The van der Waals surface area contributed by atoms with Gasteiger partial charge in [0.1, 0.15) is 23.5 Å². The van der Waals surface area contributed by atoms with Crippen molar-refractivity contribution in [2.24, 2.45) is 7.05 Å². The van der Waals surface area contributed by atoms with E-state index in [-0.39, 0.29) is 18.2 Å². The lowest BCUT2D eigenvalue weighted by Gasteiger charge is -2.11. The molecule has 0 aliphatic carbocycles. The molecule has 10 nitrogen and oxygen atoms in total. The number of imidazole rings is 2. The SMILES string of the molecule is COc1ncccc1-c1ccc(O)c(-c2nc3ccc(C(=O)NCC(O)c4nccn4C)cc3[nH]2)c1. The van der Waals surface area contributed by atoms with Crippen molar-refractivity contribution in [2.75, 3.05) is 13.7 Å². The lowest BCUT2D eigenvalue weighted by molar-refractivity contribution is 0.0909. The second-order valence-electron chi connectivity index (χ2n) is 8.23. The van der Waals surface area contributed by atoms with Gasteiger partial charge in [-0.05, 0) is 48.0 Å².